The molecule has 3 rings (SSSR count). The molecule has 23 heavy (non-hydrogen) atoms. The third-order valence-electron chi connectivity index (χ3n) is 4.29. The molecule has 0 amide bonds. The lowest BCUT2D eigenvalue weighted by Gasteiger charge is -2.32. The Labute approximate surface area is 134 Å². The highest BCUT2D eigenvalue weighted by Crippen LogP contribution is 2.34. The standard InChI is InChI=1S/C16H20N4O3/c1-19-16(17-14(18-19)15(21)22)20-9-7-11(8-10-20)12-5-3-4-6-13(12)23-2/h3-6,11H,7-10H2,1-2H3,(H,21,22). The van der Waals surface area contributed by atoms with Gasteiger partial charge in [0, 0.05) is 20.1 Å². The number of aryl methyl sites for hydroxylation is 1. The van der Waals surface area contributed by atoms with E-state index in [0.717, 1.165) is 31.7 Å². The van der Waals surface area contributed by atoms with E-state index in [2.05, 4.69) is 21.0 Å². The molecule has 1 N–H and O–H groups in total. The van der Waals surface area contributed by atoms with E-state index in [9.17, 15) is 4.79 Å². The summed E-state index contributed by atoms with van der Waals surface area (Å²) in [6.07, 6.45) is 1.94. The lowest BCUT2D eigenvalue weighted by atomic mass is 9.89. The lowest BCUT2D eigenvalue weighted by Crippen LogP contribution is -2.34. The molecule has 0 radical (unpaired) electrons. The van der Waals surface area contributed by atoms with E-state index in [1.54, 1.807) is 14.2 Å². The van der Waals surface area contributed by atoms with Crippen LogP contribution in [0, 0.1) is 0 Å². The molecule has 0 saturated carbocycles. The van der Waals surface area contributed by atoms with Crippen LogP contribution in [0.2, 0.25) is 0 Å². The quantitative estimate of drug-likeness (QED) is 0.928. The fraction of sp³-hybridized carbons (Fsp3) is 0.438. The van der Waals surface area contributed by atoms with Crippen molar-refractivity contribution in [3.63, 3.8) is 0 Å². The van der Waals surface area contributed by atoms with Gasteiger partial charge in [0.05, 0.1) is 7.11 Å². The number of hydrogen-bond donors (Lipinski definition) is 1. The number of carboxylic acid groups (broad SMARTS) is 1. The van der Waals surface area contributed by atoms with E-state index >= 15 is 0 Å². The van der Waals surface area contributed by atoms with Crippen molar-refractivity contribution >= 4 is 11.9 Å². The molecule has 1 aromatic carbocycles. The minimum absolute atomic E-state index is 0.158. The van der Waals surface area contributed by atoms with Crippen molar-refractivity contribution in [3.8, 4) is 5.75 Å². The molecule has 2 aromatic rings. The normalized spacial score (nSPS) is 15.7. The van der Waals surface area contributed by atoms with Crippen LogP contribution in [-0.4, -0.2) is 46.0 Å². The average Bonchev–Trinajstić information content (AvgIpc) is 2.97. The maximum atomic E-state index is 11.0. The molecule has 0 atom stereocenters. The summed E-state index contributed by atoms with van der Waals surface area (Å²) in [6.45, 7) is 1.63. The molecule has 7 heteroatoms. The number of anilines is 1. The van der Waals surface area contributed by atoms with Crippen LogP contribution in [0.5, 0.6) is 5.75 Å². The summed E-state index contributed by atoms with van der Waals surface area (Å²) in [5.74, 6) is 0.721. The Morgan fingerprint density at radius 3 is 2.61 bits per heavy atom. The first kappa shape index (κ1) is 15.3. The van der Waals surface area contributed by atoms with Gasteiger partial charge in [0.1, 0.15) is 5.75 Å². The van der Waals surface area contributed by atoms with Gasteiger partial charge in [-0.05, 0) is 30.4 Å². The number of ether oxygens (including phenoxy) is 1. The maximum Gasteiger partial charge on any atom is 0.375 e. The minimum atomic E-state index is -1.10. The summed E-state index contributed by atoms with van der Waals surface area (Å²) in [5.41, 5.74) is 1.24. The molecule has 1 aliphatic heterocycles. The number of aromatic carboxylic acids is 1. The van der Waals surface area contributed by atoms with Crippen LogP contribution in [0.3, 0.4) is 0 Å². The van der Waals surface area contributed by atoms with Crippen molar-refractivity contribution in [2.45, 2.75) is 18.8 Å². The first-order valence-corrected chi connectivity index (χ1v) is 7.62. The number of carboxylic acids is 1. The fourth-order valence-electron chi connectivity index (χ4n) is 3.14. The SMILES string of the molecule is COc1ccccc1C1CCN(c2nc(C(=O)O)nn2C)CC1. The molecular weight excluding hydrogens is 296 g/mol. The van der Waals surface area contributed by atoms with Crippen LogP contribution < -0.4 is 9.64 Å². The predicted octanol–water partition coefficient (Wildman–Crippen LogP) is 1.91. The summed E-state index contributed by atoms with van der Waals surface area (Å²) in [5, 5.41) is 12.9. The van der Waals surface area contributed by atoms with E-state index in [-0.39, 0.29) is 5.82 Å². The molecule has 0 spiro atoms. The van der Waals surface area contributed by atoms with Crippen molar-refractivity contribution in [1.82, 2.24) is 14.8 Å². The highest BCUT2D eigenvalue weighted by Gasteiger charge is 2.26. The average molecular weight is 316 g/mol. The zero-order valence-electron chi connectivity index (χ0n) is 13.3. The van der Waals surface area contributed by atoms with Gasteiger partial charge in [-0.25, -0.2) is 9.48 Å². The molecule has 1 aliphatic rings. The number of benzene rings is 1. The molecule has 0 unspecified atom stereocenters. The second-order valence-electron chi connectivity index (χ2n) is 5.67. The minimum Gasteiger partial charge on any atom is -0.496 e. The Balaban J connectivity index is 1.72. The topological polar surface area (TPSA) is 80.5 Å². The Kier molecular flexibility index (Phi) is 4.18. The lowest BCUT2D eigenvalue weighted by molar-refractivity contribution is 0.0683. The fourth-order valence-corrected chi connectivity index (χ4v) is 3.14. The van der Waals surface area contributed by atoms with Crippen molar-refractivity contribution < 1.29 is 14.6 Å². The number of para-hydroxylation sites is 1. The Morgan fingerprint density at radius 1 is 1.30 bits per heavy atom. The van der Waals surface area contributed by atoms with E-state index in [0.29, 0.717) is 11.9 Å². The first-order chi connectivity index (χ1) is 11.1. The second kappa shape index (κ2) is 6.28. The second-order valence-corrected chi connectivity index (χ2v) is 5.67. The largest absolute Gasteiger partial charge is 0.496 e. The van der Waals surface area contributed by atoms with Gasteiger partial charge in [-0.3, -0.25) is 0 Å². The van der Waals surface area contributed by atoms with Crippen molar-refractivity contribution in [2.75, 3.05) is 25.1 Å². The number of carbonyl (C=O) groups is 1. The molecule has 1 aromatic heterocycles. The molecular formula is C16H20N4O3. The number of nitrogens with zero attached hydrogens (tertiary/aromatic N) is 4. The Bertz CT molecular complexity index is 705. The number of aromatic nitrogens is 3. The van der Waals surface area contributed by atoms with Gasteiger partial charge in [-0.2, -0.15) is 4.98 Å². The summed E-state index contributed by atoms with van der Waals surface area (Å²) >= 11 is 0. The van der Waals surface area contributed by atoms with Crippen molar-refractivity contribution in [3.05, 3.63) is 35.7 Å². The van der Waals surface area contributed by atoms with Gasteiger partial charge in [0.15, 0.2) is 0 Å². The van der Waals surface area contributed by atoms with Crippen molar-refractivity contribution in [2.24, 2.45) is 7.05 Å². The Morgan fingerprint density at radius 2 is 2.00 bits per heavy atom. The predicted molar refractivity (Wildman–Crippen MR) is 85.1 cm³/mol. The molecule has 0 bridgehead atoms. The molecule has 2 heterocycles. The number of piperidine rings is 1. The van der Waals surface area contributed by atoms with Crippen LogP contribution in [0.25, 0.3) is 0 Å². The van der Waals surface area contributed by atoms with Gasteiger partial charge in [-0.15, -0.1) is 5.10 Å². The highest BCUT2D eigenvalue weighted by atomic mass is 16.5. The number of rotatable bonds is 4. The molecule has 122 valence electrons. The molecule has 1 fully saturated rings. The Hall–Kier alpha value is -2.57. The third-order valence-corrected chi connectivity index (χ3v) is 4.29. The summed E-state index contributed by atoms with van der Waals surface area (Å²) in [4.78, 5) is 17.2. The van der Waals surface area contributed by atoms with Crippen LogP contribution in [-0.2, 0) is 7.05 Å². The first-order valence-electron chi connectivity index (χ1n) is 7.62. The summed E-state index contributed by atoms with van der Waals surface area (Å²) < 4.78 is 6.99. The van der Waals surface area contributed by atoms with Gasteiger partial charge >= 0.3 is 5.97 Å². The van der Waals surface area contributed by atoms with Crippen molar-refractivity contribution in [1.29, 1.82) is 0 Å². The van der Waals surface area contributed by atoms with Crippen LogP contribution in [0.4, 0.5) is 5.95 Å². The molecule has 7 nitrogen and oxygen atoms in total. The monoisotopic (exact) mass is 316 g/mol. The third kappa shape index (κ3) is 2.99. The highest BCUT2D eigenvalue weighted by molar-refractivity contribution is 5.83. The van der Waals surface area contributed by atoms with Crippen LogP contribution in [0.15, 0.2) is 24.3 Å². The molecule has 0 aliphatic carbocycles. The van der Waals surface area contributed by atoms with Gasteiger partial charge in [0.25, 0.3) is 5.82 Å². The van der Waals surface area contributed by atoms with Crippen LogP contribution >= 0.6 is 0 Å². The zero-order chi connectivity index (χ0) is 16.4. The zero-order valence-corrected chi connectivity index (χ0v) is 13.3. The summed E-state index contributed by atoms with van der Waals surface area (Å²) in [7, 11) is 3.42. The van der Waals surface area contributed by atoms with Gasteiger partial charge < -0.3 is 14.7 Å². The number of methoxy groups -OCH3 is 1. The van der Waals surface area contributed by atoms with Gasteiger partial charge in [0.2, 0.25) is 5.95 Å². The van der Waals surface area contributed by atoms with Gasteiger partial charge in [-0.1, -0.05) is 18.2 Å². The van der Waals surface area contributed by atoms with E-state index in [1.165, 1.54) is 10.2 Å². The van der Waals surface area contributed by atoms with E-state index < -0.39 is 5.97 Å². The smallest absolute Gasteiger partial charge is 0.375 e. The number of hydrogen-bond acceptors (Lipinski definition) is 5. The van der Waals surface area contributed by atoms with E-state index in [1.807, 2.05) is 18.2 Å². The van der Waals surface area contributed by atoms with E-state index in [4.69, 9.17) is 9.84 Å². The molecule has 1 saturated heterocycles. The summed E-state index contributed by atoms with van der Waals surface area (Å²) in [6, 6.07) is 8.12. The maximum absolute atomic E-state index is 11.0. The van der Waals surface area contributed by atoms with Crippen LogP contribution in [0.1, 0.15) is 34.9 Å².